The molecule has 1 aromatic heterocycles. The third-order valence-corrected chi connectivity index (χ3v) is 12.7. The van der Waals surface area contributed by atoms with Crippen LogP contribution in [0.25, 0.3) is 0 Å². The molecule has 0 spiro atoms. The fraction of sp³-hybridized carbons (Fsp3) is 0.625. The van der Waals surface area contributed by atoms with Crippen molar-refractivity contribution in [3.8, 4) is 5.75 Å². The van der Waals surface area contributed by atoms with E-state index in [2.05, 4.69) is 41.9 Å². The number of aliphatic carboxylic acids is 2. The predicted octanol–water partition coefficient (Wildman–Crippen LogP) is -1.88. The number of carboxylic acid groups (broad SMARTS) is 2. The van der Waals surface area contributed by atoms with Crippen LogP contribution in [0.1, 0.15) is 109 Å². The summed E-state index contributed by atoms with van der Waals surface area (Å²) < 4.78 is 0. The number of nitrogens with two attached hydrogens (primary N) is 4. The number of H-pyrrole nitrogens is 1. The molecule has 2 aromatic rings. The number of carboxylic acids is 2. The van der Waals surface area contributed by atoms with E-state index in [1.807, 2.05) is 0 Å². The molecule has 1 aromatic carbocycles. The van der Waals surface area contributed by atoms with Gasteiger partial charge in [-0.05, 0) is 107 Å². The summed E-state index contributed by atoms with van der Waals surface area (Å²) in [5, 5.41) is 45.1. The number of aromatic hydroxyl groups is 1. The van der Waals surface area contributed by atoms with Crippen LogP contribution in [0.3, 0.4) is 0 Å². The molecule has 3 rings (SSSR count). The number of imidazole rings is 1. The molecule has 1 aliphatic heterocycles. The van der Waals surface area contributed by atoms with E-state index in [0.29, 0.717) is 82.1 Å². The second kappa shape index (κ2) is 31.7. The Morgan fingerprint density at radius 1 is 0.699 bits per heavy atom. The SMILES string of the molecule is CCC(C)C(NC(=O)C(Cc1ccc(O)cc1)NC(=O)C(CC(=O)O)NC(=O)C1CCCN1C(=O)C(Cc1cnc[nH]1)NC(=O)C(CCCCN)NC(=O)C(CCCCN)NC(=O)C(N)CCCCN)C(=O)O. The molecule has 1 fully saturated rings. The lowest BCUT2D eigenvalue weighted by Gasteiger charge is -2.31. The number of phenolic OH excluding ortho intramolecular Hbond substituents is 1. The second-order valence-corrected chi connectivity index (χ2v) is 18.4. The molecule has 0 saturated carbocycles. The Morgan fingerprint density at radius 2 is 1.23 bits per heavy atom. The smallest absolute Gasteiger partial charge is 0.326 e. The summed E-state index contributed by atoms with van der Waals surface area (Å²) in [5.74, 6) is -9.02. The number of likely N-dealkylation sites (tertiary alicyclic amines) is 1. The lowest BCUT2D eigenvalue weighted by Crippen LogP contribution is -2.60. The van der Waals surface area contributed by atoms with Crippen molar-refractivity contribution in [2.45, 2.75) is 158 Å². The van der Waals surface area contributed by atoms with E-state index in [0.717, 1.165) is 0 Å². The number of aromatic amines is 1. The van der Waals surface area contributed by atoms with Gasteiger partial charge < -0.3 is 80.0 Å². The Morgan fingerprint density at radius 3 is 1.77 bits per heavy atom. The Kier molecular flexibility index (Phi) is 26.3. The Labute approximate surface area is 424 Å². The first kappa shape index (κ1) is 60.6. The molecule has 9 unspecified atom stereocenters. The summed E-state index contributed by atoms with van der Waals surface area (Å²) in [6.45, 7) is 4.43. The van der Waals surface area contributed by atoms with Crippen molar-refractivity contribution in [2.24, 2.45) is 28.9 Å². The summed E-state index contributed by atoms with van der Waals surface area (Å²) in [6.07, 6.45) is 6.05. The molecule has 25 nitrogen and oxygen atoms in total. The minimum Gasteiger partial charge on any atom is -0.508 e. The highest BCUT2D eigenvalue weighted by Gasteiger charge is 2.41. The number of phenols is 1. The molecule has 7 amide bonds. The van der Waals surface area contributed by atoms with Crippen LogP contribution in [0.5, 0.6) is 5.75 Å². The summed E-state index contributed by atoms with van der Waals surface area (Å²) in [5.41, 5.74) is 24.0. The van der Waals surface area contributed by atoms with Gasteiger partial charge in [0.15, 0.2) is 0 Å². The highest BCUT2D eigenvalue weighted by molar-refractivity contribution is 5.98. The van der Waals surface area contributed by atoms with Crippen molar-refractivity contribution in [3.63, 3.8) is 0 Å². The fourth-order valence-electron chi connectivity index (χ4n) is 8.24. The van der Waals surface area contributed by atoms with Crippen LogP contribution in [0, 0.1) is 5.92 Å². The van der Waals surface area contributed by atoms with Crippen molar-refractivity contribution in [1.29, 1.82) is 0 Å². The van der Waals surface area contributed by atoms with Crippen molar-refractivity contribution in [3.05, 3.63) is 48.0 Å². The van der Waals surface area contributed by atoms with Crippen molar-refractivity contribution < 1.29 is 58.5 Å². The lowest BCUT2D eigenvalue weighted by atomic mass is 9.98. The van der Waals surface area contributed by atoms with Crippen LogP contribution in [0.2, 0.25) is 0 Å². The van der Waals surface area contributed by atoms with Gasteiger partial charge in [-0.1, -0.05) is 38.8 Å². The molecule has 18 N–H and O–H groups in total. The standard InChI is InChI=1S/C48H77N13O12/c1-3-28(2)40(48(72)73)60-45(69)35(23-29-15-17-31(62)18-16-29)57-44(68)36(25-39(63)64)58-46(70)38-14-10-22-61(38)47(71)37(24-30-26-53-27-54-30)59-43(67)34(13-6-9-21-51)56-42(66)33(12-5-8-20-50)55-41(65)32(52)11-4-7-19-49/h15-18,26-28,32-38,40,62H,3-14,19-25,49-52H2,1-2H3,(H,53,54)(H,55,65)(H,56,66)(H,57,68)(H,58,70)(H,59,67)(H,60,69)(H,63,64)(H,72,73). The van der Waals surface area contributed by atoms with Crippen LogP contribution in [-0.2, 0) is 56.0 Å². The van der Waals surface area contributed by atoms with Crippen molar-refractivity contribution in [2.75, 3.05) is 26.2 Å². The number of hydrogen-bond acceptors (Lipinski definition) is 15. The summed E-state index contributed by atoms with van der Waals surface area (Å²) in [6, 6.07) is -4.82. The first-order valence-electron chi connectivity index (χ1n) is 25.0. The first-order valence-corrected chi connectivity index (χ1v) is 25.0. The topological polar surface area (TPSA) is 422 Å². The van der Waals surface area contributed by atoms with Gasteiger partial charge >= 0.3 is 11.9 Å². The quantitative estimate of drug-likeness (QED) is 0.0341. The Hall–Kier alpha value is -6.70. The molecule has 0 bridgehead atoms. The van der Waals surface area contributed by atoms with E-state index in [9.17, 15) is 58.5 Å². The van der Waals surface area contributed by atoms with Gasteiger partial charge in [-0.3, -0.25) is 38.4 Å². The first-order chi connectivity index (χ1) is 34.8. The third-order valence-electron chi connectivity index (χ3n) is 12.7. The molecule has 1 aliphatic rings. The van der Waals surface area contributed by atoms with Crippen LogP contribution in [-0.4, -0.2) is 158 Å². The van der Waals surface area contributed by atoms with Crippen LogP contribution in [0.15, 0.2) is 36.8 Å². The summed E-state index contributed by atoms with van der Waals surface area (Å²) in [4.78, 5) is 130. The zero-order valence-corrected chi connectivity index (χ0v) is 41.8. The minimum absolute atomic E-state index is 0.0209. The molecular weight excluding hydrogens is 951 g/mol. The number of unbranched alkanes of at least 4 members (excludes halogenated alkanes) is 3. The highest BCUT2D eigenvalue weighted by Crippen LogP contribution is 2.21. The van der Waals surface area contributed by atoms with Gasteiger partial charge in [0.1, 0.15) is 48.0 Å². The Bertz CT molecular complexity index is 2110. The van der Waals surface area contributed by atoms with Crippen molar-refractivity contribution in [1.82, 2.24) is 46.8 Å². The van der Waals surface area contributed by atoms with E-state index in [1.54, 1.807) is 13.8 Å². The normalized spacial score (nSPS) is 16.6. The van der Waals surface area contributed by atoms with E-state index in [1.165, 1.54) is 41.7 Å². The summed E-state index contributed by atoms with van der Waals surface area (Å²) in [7, 11) is 0. The maximum atomic E-state index is 14.6. The molecule has 2 heterocycles. The Balaban J connectivity index is 1.89. The maximum absolute atomic E-state index is 14.6. The monoisotopic (exact) mass is 1030 g/mol. The number of benzene rings is 1. The van der Waals surface area contributed by atoms with E-state index < -0.39 is 114 Å². The van der Waals surface area contributed by atoms with Gasteiger partial charge in [-0.15, -0.1) is 0 Å². The number of amides is 7. The number of aromatic nitrogens is 2. The van der Waals surface area contributed by atoms with Crippen LogP contribution >= 0.6 is 0 Å². The van der Waals surface area contributed by atoms with Gasteiger partial charge in [0.05, 0.1) is 18.8 Å². The number of nitrogens with one attached hydrogen (secondary N) is 7. The van der Waals surface area contributed by atoms with E-state index in [4.69, 9.17) is 22.9 Å². The number of carbonyl (C=O) groups is 9. The molecule has 0 radical (unpaired) electrons. The van der Waals surface area contributed by atoms with Crippen LogP contribution < -0.4 is 54.8 Å². The minimum atomic E-state index is -1.79. The van der Waals surface area contributed by atoms with Gasteiger partial charge in [0, 0.05) is 31.3 Å². The zero-order chi connectivity index (χ0) is 54.0. The second-order valence-electron chi connectivity index (χ2n) is 18.4. The molecule has 1 saturated heterocycles. The molecule has 9 atom stereocenters. The van der Waals surface area contributed by atoms with E-state index in [-0.39, 0.29) is 50.9 Å². The molecule has 25 heteroatoms. The highest BCUT2D eigenvalue weighted by atomic mass is 16.4. The van der Waals surface area contributed by atoms with Gasteiger partial charge in [0.25, 0.3) is 0 Å². The molecule has 0 aliphatic carbocycles. The molecule has 73 heavy (non-hydrogen) atoms. The maximum Gasteiger partial charge on any atom is 0.326 e. The average molecular weight is 1030 g/mol. The predicted molar refractivity (Wildman–Crippen MR) is 266 cm³/mol. The number of rotatable bonds is 34. The van der Waals surface area contributed by atoms with Crippen molar-refractivity contribution >= 4 is 53.3 Å². The zero-order valence-electron chi connectivity index (χ0n) is 41.8. The summed E-state index contributed by atoms with van der Waals surface area (Å²) >= 11 is 0. The van der Waals surface area contributed by atoms with Gasteiger partial charge in [-0.2, -0.15) is 0 Å². The largest absolute Gasteiger partial charge is 0.508 e. The average Bonchev–Trinajstić information content (AvgIpc) is 4.07. The van der Waals surface area contributed by atoms with Crippen LogP contribution in [0.4, 0.5) is 0 Å². The number of carbonyl (C=O) groups excluding carboxylic acids is 7. The fourth-order valence-corrected chi connectivity index (χ4v) is 8.24. The van der Waals surface area contributed by atoms with E-state index >= 15 is 0 Å². The molecular formula is C48H77N13O12. The van der Waals surface area contributed by atoms with Gasteiger partial charge in [0.2, 0.25) is 41.4 Å². The number of nitrogens with zero attached hydrogens (tertiary/aromatic N) is 2. The number of hydrogen-bond donors (Lipinski definition) is 14. The third kappa shape index (κ3) is 20.4. The molecule has 406 valence electrons. The lowest BCUT2D eigenvalue weighted by molar-refractivity contribution is -0.145. The van der Waals surface area contributed by atoms with Gasteiger partial charge in [-0.25, -0.2) is 9.78 Å².